The fourth-order valence-electron chi connectivity index (χ4n) is 14.7. The number of hydrogen-bond acceptors (Lipinski definition) is 1. The topological polar surface area (TPSA) is 8.17 Å². The zero-order valence-electron chi connectivity index (χ0n) is 41.5. The molecule has 13 aromatic rings. The second-order valence-corrected chi connectivity index (χ2v) is 21.0. The van der Waals surface area contributed by atoms with E-state index in [0.29, 0.717) is 0 Å². The molecule has 4 aliphatic carbocycles. The van der Waals surface area contributed by atoms with Crippen LogP contribution in [0.5, 0.6) is 0 Å². The van der Waals surface area contributed by atoms with Gasteiger partial charge in [0, 0.05) is 33.5 Å². The van der Waals surface area contributed by atoms with Gasteiger partial charge in [-0.2, -0.15) is 0 Å². The molecule has 0 amide bonds. The highest BCUT2D eigenvalue weighted by molar-refractivity contribution is 6.10. The van der Waals surface area contributed by atoms with Crippen molar-refractivity contribution in [2.24, 2.45) is 0 Å². The Labute approximate surface area is 441 Å². The van der Waals surface area contributed by atoms with Gasteiger partial charge < -0.3 is 9.47 Å². The summed E-state index contributed by atoms with van der Waals surface area (Å²) in [6.07, 6.45) is 0. The minimum Gasteiger partial charge on any atom is -0.310 e. The highest BCUT2D eigenvalue weighted by Gasteiger charge is 2.53. The van der Waals surface area contributed by atoms with Gasteiger partial charge in [0.05, 0.1) is 21.9 Å². The molecule has 0 N–H and O–H groups in total. The van der Waals surface area contributed by atoms with Crippen LogP contribution in [0.3, 0.4) is 0 Å². The van der Waals surface area contributed by atoms with Crippen LogP contribution in [0.1, 0.15) is 44.5 Å². The van der Waals surface area contributed by atoms with E-state index in [1.807, 2.05) is 0 Å². The van der Waals surface area contributed by atoms with Crippen molar-refractivity contribution in [3.05, 3.63) is 324 Å². The molecule has 2 spiro atoms. The Morgan fingerprint density at radius 2 is 0.592 bits per heavy atom. The van der Waals surface area contributed by atoms with Crippen LogP contribution in [0.4, 0.5) is 17.1 Å². The minimum absolute atomic E-state index is 0.480. The third kappa shape index (κ3) is 5.30. The van der Waals surface area contributed by atoms with Gasteiger partial charge in [-0.1, -0.05) is 218 Å². The molecule has 1 aromatic heterocycles. The largest absolute Gasteiger partial charge is 0.310 e. The maximum Gasteiger partial charge on any atom is 0.0726 e. The Morgan fingerprint density at radius 1 is 0.237 bits per heavy atom. The van der Waals surface area contributed by atoms with Crippen LogP contribution < -0.4 is 4.90 Å². The Hall–Kier alpha value is -9.76. The summed E-state index contributed by atoms with van der Waals surface area (Å²) < 4.78 is 2.41. The van der Waals surface area contributed by atoms with Crippen molar-refractivity contribution in [3.63, 3.8) is 0 Å². The van der Waals surface area contributed by atoms with E-state index >= 15 is 0 Å². The monoisotopic (exact) mass is 962 g/mol. The predicted molar refractivity (Wildman–Crippen MR) is 313 cm³/mol. The molecule has 0 aliphatic heterocycles. The van der Waals surface area contributed by atoms with Gasteiger partial charge >= 0.3 is 0 Å². The van der Waals surface area contributed by atoms with Gasteiger partial charge in [-0.15, -0.1) is 0 Å². The van der Waals surface area contributed by atoms with E-state index < -0.39 is 10.8 Å². The SMILES string of the molecule is c1ccc(-n2c3ccccc3c3ccc(-c4ccc(N(c5ccc6c(c5)C5(c7ccccc7-c7ccccc75)c5ccccc5-6)c5ccc6c(c5)C5(c7ccccc7-c7ccccc75)c5ccccc5-6)cc4)cc32)cc1. The summed E-state index contributed by atoms with van der Waals surface area (Å²) in [5.74, 6) is 0. The summed E-state index contributed by atoms with van der Waals surface area (Å²) in [4.78, 5) is 2.52. The van der Waals surface area contributed by atoms with Gasteiger partial charge in [-0.25, -0.2) is 0 Å². The predicted octanol–water partition coefficient (Wildman–Crippen LogP) is 18.6. The average molecular weight is 963 g/mol. The molecular weight excluding hydrogens is 917 g/mol. The molecule has 0 atom stereocenters. The second-order valence-electron chi connectivity index (χ2n) is 21.0. The molecule has 0 fully saturated rings. The van der Waals surface area contributed by atoms with Crippen molar-refractivity contribution in [1.82, 2.24) is 4.57 Å². The van der Waals surface area contributed by atoms with Crippen LogP contribution in [-0.4, -0.2) is 4.57 Å². The lowest BCUT2D eigenvalue weighted by Gasteiger charge is -2.33. The fraction of sp³-hybridized carbons (Fsp3) is 0.0270. The molecule has 0 unspecified atom stereocenters. The first-order valence-electron chi connectivity index (χ1n) is 26.6. The standard InChI is InChI=1S/C74H46N2/c1-2-18-49(19-3-1)76-71-33-17-10-26-61(71)62-41-36-48(44-72(62)76)47-34-37-50(38-35-47)75(51-39-42-59-57-24-8-15-31-67(57)73(69(59)45-51)63-27-11-4-20-53(63)54-21-5-12-28-64(54)73)52-40-43-60-58-25-9-16-32-68(58)74(70(60)46-52)65-29-13-6-22-55(65)56-23-7-14-30-66(56)74/h1-46H. The van der Waals surface area contributed by atoms with E-state index in [1.165, 1.54) is 122 Å². The van der Waals surface area contributed by atoms with Crippen molar-refractivity contribution in [3.8, 4) is 61.3 Å². The van der Waals surface area contributed by atoms with Crippen LogP contribution in [-0.2, 0) is 10.8 Å². The number of rotatable bonds is 5. The van der Waals surface area contributed by atoms with E-state index in [-0.39, 0.29) is 0 Å². The number of benzene rings is 12. The average Bonchev–Trinajstić information content (AvgIpc) is 4.26. The Bertz CT molecular complexity index is 4270. The van der Waals surface area contributed by atoms with E-state index in [2.05, 4.69) is 289 Å². The van der Waals surface area contributed by atoms with Gasteiger partial charge in [-0.3, -0.25) is 0 Å². The van der Waals surface area contributed by atoms with Crippen LogP contribution in [0.15, 0.2) is 279 Å². The number of para-hydroxylation sites is 2. The van der Waals surface area contributed by atoms with Crippen LogP contribution in [0.25, 0.3) is 83.1 Å². The molecule has 2 nitrogen and oxygen atoms in total. The van der Waals surface area contributed by atoms with E-state index in [0.717, 1.165) is 22.7 Å². The molecule has 4 aliphatic rings. The third-order valence-electron chi connectivity index (χ3n) is 17.6. The second kappa shape index (κ2) is 15.4. The molecule has 76 heavy (non-hydrogen) atoms. The van der Waals surface area contributed by atoms with Crippen molar-refractivity contribution >= 4 is 38.9 Å². The normalized spacial score (nSPS) is 14.0. The fourth-order valence-corrected chi connectivity index (χ4v) is 14.7. The zero-order chi connectivity index (χ0) is 49.7. The highest BCUT2D eigenvalue weighted by Crippen LogP contribution is 2.65. The first kappa shape index (κ1) is 41.7. The minimum atomic E-state index is -0.480. The van der Waals surface area contributed by atoms with Gasteiger partial charge in [0.15, 0.2) is 0 Å². The number of fused-ring (bicyclic) bond motifs is 23. The highest BCUT2D eigenvalue weighted by atomic mass is 15.1. The Balaban J connectivity index is 0.893. The lowest BCUT2D eigenvalue weighted by Crippen LogP contribution is -2.26. The molecule has 352 valence electrons. The lowest BCUT2D eigenvalue weighted by molar-refractivity contribution is 0.792. The first-order chi connectivity index (χ1) is 37.7. The van der Waals surface area contributed by atoms with Crippen molar-refractivity contribution < 1.29 is 0 Å². The number of aromatic nitrogens is 1. The van der Waals surface area contributed by atoms with Gasteiger partial charge in [0.2, 0.25) is 0 Å². The molecule has 12 aromatic carbocycles. The smallest absolute Gasteiger partial charge is 0.0726 e. The van der Waals surface area contributed by atoms with Crippen molar-refractivity contribution in [2.75, 3.05) is 4.90 Å². The van der Waals surface area contributed by atoms with Crippen LogP contribution in [0, 0.1) is 0 Å². The Morgan fingerprint density at radius 3 is 1.05 bits per heavy atom. The lowest BCUT2D eigenvalue weighted by atomic mass is 9.70. The quantitative estimate of drug-likeness (QED) is 0.167. The summed E-state index contributed by atoms with van der Waals surface area (Å²) in [6.45, 7) is 0. The number of anilines is 3. The zero-order valence-corrected chi connectivity index (χ0v) is 41.5. The summed E-state index contributed by atoms with van der Waals surface area (Å²) >= 11 is 0. The maximum absolute atomic E-state index is 2.52. The summed E-state index contributed by atoms with van der Waals surface area (Å²) in [6, 6.07) is 105. The maximum atomic E-state index is 2.52. The number of nitrogens with zero attached hydrogens (tertiary/aromatic N) is 2. The third-order valence-corrected chi connectivity index (χ3v) is 17.6. The summed E-state index contributed by atoms with van der Waals surface area (Å²) in [5, 5.41) is 2.51. The first-order valence-corrected chi connectivity index (χ1v) is 26.6. The number of hydrogen-bond donors (Lipinski definition) is 0. The molecule has 0 saturated heterocycles. The van der Waals surface area contributed by atoms with E-state index in [9.17, 15) is 0 Å². The summed E-state index contributed by atoms with van der Waals surface area (Å²) in [7, 11) is 0. The van der Waals surface area contributed by atoms with Crippen molar-refractivity contribution in [2.45, 2.75) is 10.8 Å². The molecule has 2 heteroatoms. The van der Waals surface area contributed by atoms with E-state index in [4.69, 9.17) is 0 Å². The summed E-state index contributed by atoms with van der Waals surface area (Å²) in [5.41, 5.74) is 29.3. The molecule has 0 radical (unpaired) electrons. The van der Waals surface area contributed by atoms with E-state index in [1.54, 1.807) is 0 Å². The molecule has 1 heterocycles. The van der Waals surface area contributed by atoms with Crippen molar-refractivity contribution in [1.29, 1.82) is 0 Å². The molecule has 0 saturated carbocycles. The van der Waals surface area contributed by atoms with Gasteiger partial charge in [0.1, 0.15) is 0 Å². The van der Waals surface area contributed by atoms with Crippen LogP contribution >= 0.6 is 0 Å². The molecule has 0 bridgehead atoms. The van der Waals surface area contributed by atoms with Crippen LogP contribution in [0.2, 0.25) is 0 Å². The van der Waals surface area contributed by atoms with Gasteiger partial charge in [-0.05, 0) is 161 Å². The molecular formula is C74H46N2. The molecule has 17 rings (SSSR count). The van der Waals surface area contributed by atoms with Gasteiger partial charge in [0.25, 0.3) is 0 Å². The Kier molecular flexibility index (Phi) is 8.44.